The second kappa shape index (κ2) is 7.34. The van der Waals surface area contributed by atoms with Gasteiger partial charge in [-0.2, -0.15) is 11.1 Å². The standard InChI is InChI=1S/C9H13.2ClH.Hf/c1-6-5-7(2)9(4)8(6)3;;;/h6H,1-4H3;2*1H;/q-1;;;. The minimum atomic E-state index is 0. The molecule has 0 heterocycles. The van der Waals surface area contributed by atoms with E-state index in [4.69, 9.17) is 0 Å². The molecule has 0 aromatic rings. The molecule has 0 spiro atoms. The molecule has 1 atom stereocenters. The molecule has 0 fully saturated rings. The fraction of sp³-hybridized carbons (Fsp3) is 0.556. The second-order valence-electron chi connectivity index (χ2n) is 2.80. The van der Waals surface area contributed by atoms with Crippen molar-refractivity contribution in [1.82, 2.24) is 0 Å². The first-order valence-corrected chi connectivity index (χ1v) is 3.40. The zero-order valence-corrected chi connectivity index (χ0v) is 13.1. The van der Waals surface area contributed by atoms with Crippen molar-refractivity contribution >= 4 is 24.8 Å². The molecule has 1 rings (SSSR count). The van der Waals surface area contributed by atoms with Crippen LogP contribution in [0.2, 0.25) is 0 Å². The first-order chi connectivity index (χ1) is 4.13. The van der Waals surface area contributed by atoms with Gasteiger partial charge >= 0.3 is 0 Å². The quantitative estimate of drug-likeness (QED) is 0.450. The summed E-state index contributed by atoms with van der Waals surface area (Å²) in [6, 6.07) is 0. The molecule has 0 nitrogen and oxygen atoms in total. The minimum absolute atomic E-state index is 0. The smallest absolute Gasteiger partial charge is 0 e. The van der Waals surface area contributed by atoms with Crippen molar-refractivity contribution in [2.24, 2.45) is 5.92 Å². The van der Waals surface area contributed by atoms with Gasteiger partial charge in [-0.05, 0) is 0 Å². The Bertz CT molecular complexity index is 195. The zero-order valence-electron chi connectivity index (χ0n) is 7.89. The molecule has 0 aromatic carbocycles. The largest absolute Gasteiger partial charge is 0.266 e. The van der Waals surface area contributed by atoms with Crippen molar-refractivity contribution in [3.8, 4) is 0 Å². The van der Waals surface area contributed by atoms with Crippen molar-refractivity contribution in [3.05, 3.63) is 22.8 Å². The second-order valence-corrected chi connectivity index (χ2v) is 2.80. The predicted octanol–water partition coefficient (Wildman–Crippen LogP) is 3.56. The van der Waals surface area contributed by atoms with Crippen LogP contribution in [0, 0.1) is 12.0 Å². The molecule has 3 heteroatoms. The van der Waals surface area contributed by atoms with Gasteiger partial charge in [0.05, 0.1) is 0 Å². The molecular weight excluding hydrogens is 357 g/mol. The average Bonchev–Trinajstić information content (AvgIpc) is 1.98. The van der Waals surface area contributed by atoms with Crippen LogP contribution in [0.15, 0.2) is 16.7 Å². The third-order valence-electron chi connectivity index (χ3n) is 2.24. The van der Waals surface area contributed by atoms with Crippen LogP contribution >= 0.6 is 24.8 Å². The Morgan fingerprint density at radius 2 is 1.50 bits per heavy atom. The van der Waals surface area contributed by atoms with E-state index >= 15 is 0 Å². The molecular formula is C9H15Cl2Hf-. The topological polar surface area (TPSA) is 0 Å². The van der Waals surface area contributed by atoms with Gasteiger partial charge in [0.15, 0.2) is 0 Å². The summed E-state index contributed by atoms with van der Waals surface area (Å²) in [6.45, 7) is 8.67. The maximum absolute atomic E-state index is 3.36. The Labute approximate surface area is 106 Å². The number of hydrogen-bond donors (Lipinski definition) is 0. The van der Waals surface area contributed by atoms with Crippen LogP contribution in [0.1, 0.15) is 27.7 Å². The van der Waals surface area contributed by atoms with Crippen molar-refractivity contribution in [2.75, 3.05) is 0 Å². The van der Waals surface area contributed by atoms with Gasteiger partial charge in [0, 0.05) is 25.8 Å². The summed E-state index contributed by atoms with van der Waals surface area (Å²) < 4.78 is 0. The summed E-state index contributed by atoms with van der Waals surface area (Å²) in [4.78, 5) is 0. The van der Waals surface area contributed by atoms with Crippen LogP contribution in [0.3, 0.4) is 0 Å². The summed E-state index contributed by atoms with van der Waals surface area (Å²) in [7, 11) is 0. The van der Waals surface area contributed by atoms with Crippen molar-refractivity contribution in [1.29, 1.82) is 0 Å². The first kappa shape index (κ1) is 18.7. The number of rotatable bonds is 0. The summed E-state index contributed by atoms with van der Waals surface area (Å²) >= 11 is 0. The maximum atomic E-state index is 3.36. The van der Waals surface area contributed by atoms with E-state index < -0.39 is 0 Å². The number of hydrogen-bond acceptors (Lipinski definition) is 0. The fourth-order valence-electron chi connectivity index (χ4n) is 1.16. The van der Waals surface area contributed by atoms with Gasteiger partial charge in [0.1, 0.15) is 0 Å². The SMILES string of the molecule is CC1=[C-]C(C)C(C)=C1C.Cl.Cl.[Hf]. The molecule has 1 unspecified atom stereocenters. The molecule has 0 N–H and O–H groups in total. The molecule has 0 radical (unpaired) electrons. The number of halogens is 2. The van der Waals surface area contributed by atoms with E-state index in [1.165, 1.54) is 16.7 Å². The van der Waals surface area contributed by atoms with Gasteiger partial charge in [0.25, 0.3) is 0 Å². The normalized spacial score (nSPS) is 20.3. The van der Waals surface area contributed by atoms with E-state index in [0.29, 0.717) is 5.92 Å². The van der Waals surface area contributed by atoms with Crippen LogP contribution in [0.25, 0.3) is 0 Å². The molecule has 0 aromatic heterocycles. The van der Waals surface area contributed by atoms with Gasteiger partial charge in [-0.15, -0.1) is 31.7 Å². The van der Waals surface area contributed by atoms with Crippen LogP contribution in [-0.4, -0.2) is 0 Å². The molecule has 1 aliphatic rings. The Morgan fingerprint density at radius 3 is 1.58 bits per heavy atom. The number of allylic oxidation sites excluding steroid dienone is 4. The Hall–Kier alpha value is 0.930. The molecule has 0 saturated carbocycles. The third kappa shape index (κ3) is 3.76. The van der Waals surface area contributed by atoms with Gasteiger partial charge < -0.3 is 0 Å². The fourth-order valence-corrected chi connectivity index (χ4v) is 1.16. The van der Waals surface area contributed by atoms with Crippen molar-refractivity contribution < 1.29 is 25.8 Å². The molecule has 0 bridgehead atoms. The maximum Gasteiger partial charge on any atom is 0 e. The average molecular weight is 373 g/mol. The van der Waals surface area contributed by atoms with Crippen molar-refractivity contribution in [2.45, 2.75) is 27.7 Å². The first-order valence-electron chi connectivity index (χ1n) is 3.40. The molecule has 1 aliphatic carbocycles. The van der Waals surface area contributed by atoms with E-state index in [9.17, 15) is 0 Å². The Balaban J connectivity index is -0.000000270. The van der Waals surface area contributed by atoms with Gasteiger partial charge in [-0.3, -0.25) is 6.08 Å². The molecule has 70 valence electrons. The van der Waals surface area contributed by atoms with Gasteiger partial charge in [-0.25, -0.2) is 5.57 Å². The molecule has 0 aliphatic heterocycles. The van der Waals surface area contributed by atoms with E-state index in [1.54, 1.807) is 0 Å². The van der Waals surface area contributed by atoms with E-state index in [2.05, 4.69) is 33.8 Å². The van der Waals surface area contributed by atoms with E-state index in [0.717, 1.165) is 0 Å². The van der Waals surface area contributed by atoms with Crippen LogP contribution in [0.5, 0.6) is 0 Å². The van der Waals surface area contributed by atoms with Gasteiger partial charge in [-0.1, -0.05) is 26.7 Å². The van der Waals surface area contributed by atoms with Crippen LogP contribution in [0.4, 0.5) is 0 Å². The van der Waals surface area contributed by atoms with Gasteiger partial charge in [0.2, 0.25) is 0 Å². The third-order valence-corrected chi connectivity index (χ3v) is 2.24. The predicted molar refractivity (Wildman–Crippen MR) is 54.5 cm³/mol. The minimum Gasteiger partial charge on any atom is -0.266 e. The Kier molecular flexibility index (Phi) is 11.4. The van der Waals surface area contributed by atoms with E-state index in [1.807, 2.05) is 0 Å². The monoisotopic (exact) mass is 373 g/mol. The molecule has 12 heavy (non-hydrogen) atoms. The Morgan fingerprint density at radius 1 is 1.08 bits per heavy atom. The van der Waals surface area contributed by atoms with E-state index in [-0.39, 0.29) is 50.7 Å². The summed E-state index contributed by atoms with van der Waals surface area (Å²) in [5.41, 5.74) is 4.25. The summed E-state index contributed by atoms with van der Waals surface area (Å²) in [5.74, 6) is 0.560. The van der Waals surface area contributed by atoms with Crippen LogP contribution < -0.4 is 0 Å². The van der Waals surface area contributed by atoms with Crippen LogP contribution in [-0.2, 0) is 25.8 Å². The summed E-state index contributed by atoms with van der Waals surface area (Å²) in [6.07, 6.45) is 3.36. The molecule has 0 amide bonds. The molecule has 0 saturated heterocycles. The van der Waals surface area contributed by atoms with Crippen molar-refractivity contribution in [3.63, 3.8) is 0 Å². The zero-order chi connectivity index (χ0) is 7.02. The summed E-state index contributed by atoms with van der Waals surface area (Å²) in [5, 5.41) is 0.